The Morgan fingerprint density at radius 3 is 2.36 bits per heavy atom. The van der Waals surface area contributed by atoms with Crippen molar-refractivity contribution in [3.8, 4) is 0 Å². The molecule has 0 saturated heterocycles. The van der Waals surface area contributed by atoms with Gasteiger partial charge in [-0.25, -0.2) is 0 Å². The Hall–Kier alpha value is -0.470. The fourth-order valence-electron chi connectivity index (χ4n) is 1.17. The van der Waals surface area contributed by atoms with Crippen molar-refractivity contribution in [3.05, 3.63) is 29.8 Å². The van der Waals surface area contributed by atoms with Gasteiger partial charge in [0.15, 0.2) is 0 Å². The summed E-state index contributed by atoms with van der Waals surface area (Å²) < 4.78 is 0. The van der Waals surface area contributed by atoms with Crippen LogP contribution in [0.25, 0.3) is 0 Å². The lowest BCUT2D eigenvalue weighted by Crippen LogP contribution is -2.04. The Kier molecular flexibility index (Phi) is 5.05. The normalized spacial score (nSPS) is 10.9. The van der Waals surface area contributed by atoms with Gasteiger partial charge < -0.3 is 5.32 Å². The van der Waals surface area contributed by atoms with Crippen molar-refractivity contribution in [2.45, 2.75) is 25.3 Å². The lowest BCUT2D eigenvalue weighted by atomic mass is 10.2. The summed E-state index contributed by atoms with van der Waals surface area (Å²) in [5.74, 6) is 1.96. The Bertz CT molecular complexity index is 254. The van der Waals surface area contributed by atoms with Crippen LogP contribution in [0.3, 0.4) is 0 Å². The van der Waals surface area contributed by atoms with E-state index in [0.29, 0.717) is 0 Å². The summed E-state index contributed by atoms with van der Waals surface area (Å²) in [4.78, 5) is 1.37. The summed E-state index contributed by atoms with van der Waals surface area (Å²) in [5.41, 5.74) is 1.35. The predicted molar refractivity (Wildman–Crippen MR) is 64.8 cm³/mol. The zero-order valence-electron chi connectivity index (χ0n) is 9.21. The molecule has 0 saturated carbocycles. The fourth-order valence-corrected chi connectivity index (χ4v) is 2.02. The first-order valence-corrected chi connectivity index (χ1v) is 6.07. The Balaban J connectivity index is 2.46. The highest BCUT2D eigenvalue weighted by Gasteiger charge is 1.97. The number of thioether (sulfide) groups is 1. The van der Waals surface area contributed by atoms with E-state index in [-0.39, 0.29) is 0 Å². The fraction of sp³-hybridized carbons (Fsp3) is 0.500. The van der Waals surface area contributed by atoms with Crippen molar-refractivity contribution in [1.82, 2.24) is 5.32 Å². The molecule has 0 aliphatic heterocycles. The lowest BCUT2D eigenvalue weighted by molar-refractivity contribution is 0.750. The van der Waals surface area contributed by atoms with E-state index in [0.717, 1.165) is 12.5 Å². The molecule has 78 valence electrons. The molecular weight excluding hydrogens is 190 g/mol. The van der Waals surface area contributed by atoms with Crippen LogP contribution in [-0.4, -0.2) is 12.8 Å². The summed E-state index contributed by atoms with van der Waals surface area (Å²) in [7, 11) is 1.97. The lowest BCUT2D eigenvalue weighted by Gasteiger charge is -2.05. The van der Waals surface area contributed by atoms with Crippen LogP contribution in [0.2, 0.25) is 0 Å². The molecule has 1 rings (SSSR count). The zero-order valence-corrected chi connectivity index (χ0v) is 10.0. The van der Waals surface area contributed by atoms with Gasteiger partial charge in [-0.1, -0.05) is 26.0 Å². The number of benzene rings is 1. The molecule has 0 aliphatic rings. The van der Waals surface area contributed by atoms with E-state index in [1.54, 1.807) is 0 Å². The van der Waals surface area contributed by atoms with Crippen LogP contribution < -0.4 is 5.32 Å². The molecule has 0 fully saturated rings. The summed E-state index contributed by atoms with van der Waals surface area (Å²) in [6.07, 6.45) is 0. The molecule has 0 atom stereocenters. The molecule has 0 bridgehead atoms. The van der Waals surface area contributed by atoms with E-state index in [1.807, 2.05) is 18.8 Å². The molecule has 1 N–H and O–H groups in total. The van der Waals surface area contributed by atoms with Gasteiger partial charge in [-0.2, -0.15) is 0 Å². The molecule has 1 aromatic rings. The first-order chi connectivity index (χ1) is 6.72. The van der Waals surface area contributed by atoms with Gasteiger partial charge in [0.1, 0.15) is 0 Å². The summed E-state index contributed by atoms with van der Waals surface area (Å²) in [6, 6.07) is 8.80. The SMILES string of the molecule is CNCc1ccc(SCC(C)C)cc1. The van der Waals surface area contributed by atoms with Crippen LogP contribution in [0, 0.1) is 5.92 Å². The van der Waals surface area contributed by atoms with Gasteiger partial charge >= 0.3 is 0 Å². The van der Waals surface area contributed by atoms with E-state index in [2.05, 4.69) is 43.4 Å². The molecule has 0 aliphatic carbocycles. The third-order valence-electron chi connectivity index (χ3n) is 1.89. The molecular formula is C12H19NS. The second-order valence-corrected chi connectivity index (χ2v) is 4.97. The van der Waals surface area contributed by atoms with Crippen LogP contribution in [0.15, 0.2) is 29.2 Å². The average molecular weight is 209 g/mol. The van der Waals surface area contributed by atoms with Crippen molar-refractivity contribution < 1.29 is 0 Å². The number of rotatable bonds is 5. The van der Waals surface area contributed by atoms with E-state index < -0.39 is 0 Å². The van der Waals surface area contributed by atoms with Gasteiger partial charge in [-0.15, -0.1) is 11.8 Å². The maximum Gasteiger partial charge on any atom is 0.0202 e. The largest absolute Gasteiger partial charge is 0.316 e. The van der Waals surface area contributed by atoms with Gasteiger partial charge in [0.2, 0.25) is 0 Å². The maximum absolute atomic E-state index is 3.15. The first-order valence-electron chi connectivity index (χ1n) is 5.08. The molecule has 0 heterocycles. The first kappa shape index (κ1) is 11.6. The maximum atomic E-state index is 3.15. The number of nitrogens with one attached hydrogen (secondary N) is 1. The number of hydrogen-bond acceptors (Lipinski definition) is 2. The van der Waals surface area contributed by atoms with E-state index in [1.165, 1.54) is 16.2 Å². The van der Waals surface area contributed by atoms with Crippen molar-refractivity contribution >= 4 is 11.8 Å². The van der Waals surface area contributed by atoms with Gasteiger partial charge in [-0.3, -0.25) is 0 Å². The van der Waals surface area contributed by atoms with E-state index in [4.69, 9.17) is 0 Å². The van der Waals surface area contributed by atoms with Crippen molar-refractivity contribution in [2.24, 2.45) is 5.92 Å². The summed E-state index contributed by atoms with van der Waals surface area (Å²) in [6.45, 7) is 5.46. The summed E-state index contributed by atoms with van der Waals surface area (Å²) >= 11 is 1.93. The third-order valence-corrected chi connectivity index (χ3v) is 3.33. The molecule has 1 nitrogen and oxygen atoms in total. The Morgan fingerprint density at radius 2 is 1.86 bits per heavy atom. The minimum Gasteiger partial charge on any atom is -0.316 e. The summed E-state index contributed by atoms with van der Waals surface area (Å²) in [5, 5.41) is 3.15. The molecule has 0 radical (unpaired) electrons. The van der Waals surface area contributed by atoms with Crippen LogP contribution in [0.5, 0.6) is 0 Å². The Labute approximate surface area is 91.3 Å². The standard InChI is InChI=1S/C12H19NS/c1-10(2)9-14-12-6-4-11(5-7-12)8-13-3/h4-7,10,13H,8-9H2,1-3H3. The molecule has 1 aromatic carbocycles. The monoisotopic (exact) mass is 209 g/mol. The second-order valence-electron chi connectivity index (χ2n) is 3.88. The molecule has 0 aromatic heterocycles. The average Bonchev–Trinajstić information content (AvgIpc) is 2.17. The van der Waals surface area contributed by atoms with Crippen LogP contribution in [0.4, 0.5) is 0 Å². The third kappa shape index (κ3) is 4.16. The minimum absolute atomic E-state index is 0.761. The van der Waals surface area contributed by atoms with Crippen molar-refractivity contribution in [2.75, 3.05) is 12.8 Å². The van der Waals surface area contributed by atoms with Crippen molar-refractivity contribution in [1.29, 1.82) is 0 Å². The van der Waals surface area contributed by atoms with Gasteiger partial charge in [0.25, 0.3) is 0 Å². The van der Waals surface area contributed by atoms with Crippen LogP contribution in [0.1, 0.15) is 19.4 Å². The topological polar surface area (TPSA) is 12.0 Å². The smallest absolute Gasteiger partial charge is 0.0202 e. The number of hydrogen-bond donors (Lipinski definition) is 1. The van der Waals surface area contributed by atoms with Gasteiger partial charge in [0, 0.05) is 17.2 Å². The molecule has 14 heavy (non-hydrogen) atoms. The van der Waals surface area contributed by atoms with Crippen molar-refractivity contribution in [3.63, 3.8) is 0 Å². The quantitative estimate of drug-likeness (QED) is 0.748. The van der Waals surface area contributed by atoms with Gasteiger partial charge in [0.05, 0.1) is 0 Å². The van der Waals surface area contributed by atoms with E-state index in [9.17, 15) is 0 Å². The Morgan fingerprint density at radius 1 is 1.21 bits per heavy atom. The predicted octanol–water partition coefficient (Wildman–Crippen LogP) is 3.15. The molecule has 2 heteroatoms. The second kappa shape index (κ2) is 6.10. The zero-order chi connectivity index (χ0) is 10.4. The highest BCUT2D eigenvalue weighted by molar-refractivity contribution is 7.99. The minimum atomic E-state index is 0.761. The van der Waals surface area contributed by atoms with Crippen LogP contribution >= 0.6 is 11.8 Å². The van der Waals surface area contributed by atoms with Crippen LogP contribution in [-0.2, 0) is 6.54 Å². The highest BCUT2D eigenvalue weighted by Crippen LogP contribution is 2.20. The highest BCUT2D eigenvalue weighted by atomic mass is 32.2. The molecule has 0 unspecified atom stereocenters. The van der Waals surface area contributed by atoms with E-state index >= 15 is 0 Å². The molecule has 0 spiro atoms. The van der Waals surface area contributed by atoms with Gasteiger partial charge in [-0.05, 0) is 30.7 Å². The molecule has 0 amide bonds.